The van der Waals surface area contributed by atoms with E-state index >= 15 is 0 Å². The molecule has 0 saturated carbocycles. The number of anilines is 3. The average molecular weight is 478 g/mol. The molecular weight excluding hydrogens is 461 g/mol. The second-order valence-electron chi connectivity index (χ2n) is 7.73. The first-order valence-corrected chi connectivity index (χ1v) is 12.1. The summed E-state index contributed by atoms with van der Waals surface area (Å²) in [6.45, 7) is 0. The van der Waals surface area contributed by atoms with Gasteiger partial charge in [0, 0.05) is 0 Å². The van der Waals surface area contributed by atoms with Gasteiger partial charge in [0.15, 0.2) is 0 Å². The van der Waals surface area contributed by atoms with E-state index < -0.39 is 0 Å². The molecule has 0 radical (unpaired) electrons. The standard InChI is InChI=1S/C28H17NO2Se/c30-27-20-7-1-2-8-21(20)28(31)22(27)17-18-13-15-19(16-14-18)29-23-9-3-5-11-25(23)32-26-12-6-4-10-24(26)29/h1-17H. The molecule has 0 N–H and O–H groups in total. The van der Waals surface area contributed by atoms with Crippen molar-refractivity contribution in [1.82, 2.24) is 0 Å². The summed E-state index contributed by atoms with van der Waals surface area (Å²) in [5.74, 6) is -0.397. The predicted molar refractivity (Wildman–Crippen MR) is 129 cm³/mol. The minimum atomic E-state index is -0.198. The van der Waals surface area contributed by atoms with Crippen molar-refractivity contribution in [3.05, 3.63) is 119 Å². The summed E-state index contributed by atoms with van der Waals surface area (Å²) in [5, 5.41) is 0. The van der Waals surface area contributed by atoms with Gasteiger partial charge in [0.05, 0.1) is 0 Å². The molecule has 1 aliphatic carbocycles. The molecule has 0 aromatic heterocycles. The van der Waals surface area contributed by atoms with Crippen LogP contribution in [-0.2, 0) is 0 Å². The number of rotatable bonds is 2. The zero-order valence-corrected chi connectivity index (χ0v) is 18.7. The second kappa shape index (κ2) is 7.45. The van der Waals surface area contributed by atoms with Gasteiger partial charge in [-0.25, -0.2) is 0 Å². The van der Waals surface area contributed by atoms with Crippen LogP contribution in [0.1, 0.15) is 26.3 Å². The topological polar surface area (TPSA) is 37.4 Å². The van der Waals surface area contributed by atoms with E-state index in [2.05, 4.69) is 65.6 Å². The van der Waals surface area contributed by atoms with Gasteiger partial charge in [-0.1, -0.05) is 12.1 Å². The first kappa shape index (κ1) is 19.0. The van der Waals surface area contributed by atoms with Crippen molar-refractivity contribution >= 4 is 58.6 Å². The van der Waals surface area contributed by atoms with E-state index in [0.29, 0.717) is 11.1 Å². The van der Waals surface area contributed by atoms with Crippen LogP contribution in [0.2, 0.25) is 0 Å². The Morgan fingerprint density at radius 1 is 0.594 bits per heavy atom. The van der Waals surface area contributed by atoms with Gasteiger partial charge >= 0.3 is 180 Å². The summed E-state index contributed by atoms with van der Waals surface area (Å²) >= 11 is 0.270. The fourth-order valence-electron chi connectivity index (χ4n) is 4.27. The molecule has 152 valence electrons. The number of Topliss-reactive ketones (excluding diaryl/α,β-unsaturated/α-hetero) is 2. The van der Waals surface area contributed by atoms with Gasteiger partial charge in [0.2, 0.25) is 0 Å². The summed E-state index contributed by atoms with van der Waals surface area (Å²) in [6, 6.07) is 32.1. The van der Waals surface area contributed by atoms with Gasteiger partial charge in [-0.3, -0.25) is 0 Å². The van der Waals surface area contributed by atoms with Crippen LogP contribution in [0.5, 0.6) is 0 Å². The van der Waals surface area contributed by atoms with E-state index in [-0.39, 0.29) is 32.1 Å². The van der Waals surface area contributed by atoms with E-state index in [0.717, 1.165) is 11.3 Å². The SMILES string of the molecule is O=C1C(=Cc2ccc(N3c4ccccc4[Se]c4ccccc43)cc2)C(=O)c2ccccc21. The van der Waals surface area contributed by atoms with Crippen LogP contribution < -0.4 is 13.8 Å². The van der Waals surface area contributed by atoms with Crippen molar-refractivity contribution in [3.63, 3.8) is 0 Å². The van der Waals surface area contributed by atoms with Crippen molar-refractivity contribution in [2.45, 2.75) is 0 Å². The zero-order chi connectivity index (χ0) is 21.7. The molecule has 0 unspecified atom stereocenters. The summed E-state index contributed by atoms with van der Waals surface area (Å²) in [6.07, 6.45) is 1.70. The number of hydrogen-bond acceptors (Lipinski definition) is 3. The molecule has 1 aliphatic heterocycles. The molecule has 4 aromatic rings. The number of carbonyl (C=O) groups excluding carboxylic acids is 2. The number of hydrogen-bond donors (Lipinski definition) is 0. The molecule has 4 aromatic carbocycles. The van der Waals surface area contributed by atoms with E-state index in [4.69, 9.17) is 0 Å². The fourth-order valence-corrected chi connectivity index (χ4v) is 6.49. The van der Waals surface area contributed by atoms with Gasteiger partial charge in [0.1, 0.15) is 0 Å². The Bertz CT molecular complexity index is 1350. The predicted octanol–water partition coefficient (Wildman–Crippen LogP) is 4.59. The zero-order valence-electron chi connectivity index (χ0n) is 17.0. The molecule has 2 aliphatic rings. The maximum absolute atomic E-state index is 12.7. The molecule has 0 saturated heterocycles. The van der Waals surface area contributed by atoms with Crippen molar-refractivity contribution in [2.75, 3.05) is 4.90 Å². The summed E-state index contributed by atoms with van der Waals surface area (Å²) < 4.78 is 2.70. The first-order chi connectivity index (χ1) is 15.7. The van der Waals surface area contributed by atoms with Gasteiger partial charge in [-0.15, -0.1) is 0 Å². The Morgan fingerprint density at radius 3 is 1.66 bits per heavy atom. The van der Waals surface area contributed by atoms with Crippen LogP contribution in [-0.4, -0.2) is 26.5 Å². The van der Waals surface area contributed by atoms with Crippen LogP contribution in [0.15, 0.2) is 103 Å². The maximum atomic E-state index is 12.7. The van der Waals surface area contributed by atoms with Crippen molar-refractivity contribution in [3.8, 4) is 0 Å². The molecule has 0 spiro atoms. The molecule has 0 fully saturated rings. The average Bonchev–Trinajstić information content (AvgIpc) is 3.08. The Hall–Kier alpha value is -3.72. The Balaban J connectivity index is 1.39. The first-order valence-electron chi connectivity index (χ1n) is 10.4. The summed E-state index contributed by atoms with van der Waals surface area (Å²) in [4.78, 5) is 27.7. The van der Waals surface area contributed by atoms with Gasteiger partial charge in [-0.2, -0.15) is 0 Å². The number of para-hydroxylation sites is 2. The van der Waals surface area contributed by atoms with E-state index in [1.54, 1.807) is 30.3 Å². The van der Waals surface area contributed by atoms with Gasteiger partial charge in [0.25, 0.3) is 0 Å². The molecule has 0 amide bonds. The number of carbonyl (C=O) groups is 2. The number of allylic oxidation sites excluding steroid dienone is 1. The molecule has 1 heterocycles. The van der Waals surface area contributed by atoms with Crippen LogP contribution in [0.4, 0.5) is 17.1 Å². The number of benzene rings is 4. The molecule has 32 heavy (non-hydrogen) atoms. The van der Waals surface area contributed by atoms with Crippen LogP contribution in [0.25, 0.3) is 6.08 Å². The fraction of sp³-hybridized carbons (Fsp3) is 0. The molecule has 4 heteroatoms. The minimum absolute atomic E-state index is 0.198. The second-order valence-corrected chi connectivity index (χ2v) is 10.0. The number of nitrogens with zero attached hydrogens (tertiary/aromatic N) is 1. The van der Waals surface area contributed by atoms with E-state index in [9.17, 15) is 9.59 Å². The third-order valence-electron chi connectivity index (χ3n) is 5.80. The number of ketones is 2. The molecule has 6 rings (SSSR count). The van der Waals surface area contributed by atoms with E-state index in [1.807, 2.05) is 12.1 Å². The Morgan fingerprint density at radius 2 is 1.09 bits per heavy atom. The van der Waals surface area contributed by atoms with Crippen LogP contribution in [0.3, 0.4) is 0 Å². The van der Waals surface area contributed by atoms with Crippen molar-refractivity contribution in [2.24, 2.45) is 0 Å². The Labute approximate surface area is 192 Å². The molecule has 3 nitrogen and oxygen atoms in total. The van der Waals surface area contributed by atoms with Crippen LogP contribution in [0, 0.1) is 0 Å². The van der Waals surface area contributed by atoms with Crippen LogP contribution >= 0.6 is 0 Å². The summed E-state index contributed by atoms with van der Waals surface area (Å²) in [5.41, 5.74) is 5.50. The van der Waals surface area contributed by atoms with Gasteiger partial charge < -0.3 is 0 Å². The molecular formula is C28H17NO2Se. The molecule has 0 atom stereocenters. The van der Waals surface area contributed by atoms with Crippen molar-refractivity contribution < 1.29 is 9.59 Å². The summed E-state index contributed by atoms with van der Waals surface area (Å²) in [7, 11) is 0. The Kier molecular flexibility index (Phi) is 4.43. The number of fused-ring (bicyclic) bond motifs is 3. The third-order valence-corrected chi connectivity index (χ3v) is 8.17. The van der Waals surface area contributed by atoms with Gasteiger partial charge in [-0.05, 0) is 0 Å². The monoisotopic (exact) mass is 479 g/mol. The van der Waals surface area contributed by atoms with E-state index in [1.165, 1.54) is 20.3 Å². The third kappa shape index (κ3) is 2.96. The molecule has 0 bridgehead atoms. The van der Waals surface area contributed by atoms with Crippen molar-refractivity contribution in [1.29, 1.82) is 0 Å². The quantitative estimate of drug-likeness (QED) is 0.212. The normalized spacial score (nSPS) is 14.1.